The maximum absolute atomic E-state index is 14.4. The van der Waals surface area contributed by atoms with Crippen LogP contribution in [0.15, 0.2) is 64.2 Å². The number of anilines is 1. The quantitative estimate of drug-likeness (QED) is 0.552. The predicted molar refractivity (Wildman–Crippen MR) is 108 cm³/mol. The van der Waals surface area contributed by atoms with Crippen molar-refractivity contribution in [1.29, 1.82) is 0 Å². The summed E-state index contributed by atoms with van der Waals surface area (Å²) in [7, 11) is 0. The Hall–Kier alpha value is -3.86. The number of alkyl halides is 3. The number of amides is 2. The number of carbonyl (C=O) groups excluding carboxylic acids is 2. The van der Waals surface area contributed by atoms with Crippen molar-refractivity contribution in [2.24, 2.45) is 0 Å². The van der Waals surface area contributed by atoms with E-state index >= 15 is 0 Å². The molecule has 0 unspecified atom stereocenters. The third-order valence-electron chi connectivity index (χ3n) is 4.91. The predicted octanol–water partition coefficient (Wildman–Crippen LogP) is 2.32. The Kier molecular flexibility index (Phi) is 4.93. The Morgan fingerprint density at radius 3 is 2.22 bits per heavy atom. The average Bonchev–Trinajstić information content (AvgIpc) is 3.03. The number of aromatic amines is 1. The van der Waals surface area contributed by atoms with Crippen molar-refractivity contribution in [3.05, 3.63) is 91.6 Å². The molecule has 164 valence electrons. The third kappa shape index (κ3) is 3.17. The first-order chi connectivity index (χ1) is 15.1. The van der Waals surface area contributed by atoms with Gasteiger partial charge in [-0.25, -0.2) is 9.36 Å². The molecule has 0 fully saturated rings. The van der Waals surface area contributed by atoms with Crippen LogP contribution < -0.4 is 21.9 Å². The molecule has 3 aromatic rings. The lowest BCUT2D eigenvalue weighted by Crippen LogP contribution is -2.62. The molecule has 1 aliphatic rings. The Labute approximate surface area is 181 Å². The highest BCUT2D eigenvalue weighted by molar-refractivity contribution is 6.30. The molecule has 8 nitrogen and oxygen atoms in total. The van der Waals surface area contributed by atoms with E-state index in [4.69, 9.17) is 11.6 Å². The van der Waals surface area contributed by atoms with Gasteiger partial charge < -0.3 is 10.6 Å². The number of nitrogens with zero attached hydrogens (tertiary/aromatic N) is 1. The van der Waals surface area contributed by atoms with Crippen LogP contribution in [0.4, 0.5) is 19.0 Å². The van der Waals surface area contributed by atoms with Crippen LogP contribution in [0.2, 0.25) is 5.02 Å². The monoisotopic (exact) mass is 464 g/mol. The van der Waals surface area contributed by atoms with Crippen LogP contribution in [0.25, 0.3) is 5.69 Å². The van der Waals surface area contributed by atoms with Crippen molar-refractivity contribution in [3.63, 3.8) is 0 Å². The van der Waals surface area contributed by atoms with E-state index in [2.05, 4.69) is 0 Å². The van der Waals surface area contributed by atoms with Gasteiger partial charge >= 0.3 is 11.9 Å². The van der Waals surface area contributed by atoms with Crippen LogP contribution in [0, 0.1) is 0 Å². The van der Waals surface area contributed by atoms with Crippen LogP contribution >= 0.6 is 11.6 Å². The fraction of sp³-hybridized carbons (Fsp3) is 0.100. The van der Waals surface area contributed by atoms with E-state index in [1.165, 1.54) is 48.5 Å². The molecule has 4 rings (SSSR count). The number of hydrogen-bond acceptors (Lipinski definition) is 4. The molecule has 3 N–H and O–H groups in total. The summed E-state index contributed by atoms with van der Waals surface area (Å²) in [6.45, 7) is 0. The van der Waals surface area contributed by atoms with Gasteiger partial charge in [-0.1, -0.05) is 29.8 Å². The molecule has 0 saturated carbocycles. The zero-order valence-corrected chi connectivity index (χ0v) is 16.5. The van der Waals surface area contributed by atoms with Crippen molar-refractivity contribution in [1.82, 2.24) is 14.9 Å². The molecule has 0 radical (unpaired) electrons. The minimum atomic E-state index is -5.43. The number of aromatic nitrogens is 2. The minimum Gasteiger partial charge on any atom is -0.326 e. The molecule has 2 aromatic carbocycles. The number of carbonyl (C=O) groups is 2. The summed E-state index contributed by atoms with van der Waals surface area (Å²) < 4.78 is 43.8. The van der Waals surface area contributed by atoms with E-state index in [1.807, 2.05) is 5.32 Å². The first-order valence-corrected chi connectivity index (χ1v) is 9.35. The Bertz CT molecular complexity index is 1350. The molecule has 0 bridgehead atoms. The van der Waals surface area contributed by atoms with E-state index < -0.39 is 46.2 Å². The summed E-state index contributed by atoms with van der Waals surface area (Å²) in [6.07, 6.45) is -5.43. The second-order valence-electron chi connectivity index (χ2n) is 6.82. The van der Waals surface area contributed by atoms with Crippen molar-refractivity contribution in [3.8, 4) is 5.69 Å². The van der Waals surface area contributed by atoms with E-state index in [9.17, 15) is 32.3 Å². The number of H-pyrrole nitrogens is 1. The second kappa shape index (κ2) is 7.38. The molecule has 2 amide bonds. The van der Waals surface area contributed by atoms with Crippen LogP contribution in [-0.2, 0) is 10.3 Å². The van der Waals surface area contributed by atoms with Crippen LogP contribution in [-0.4, -0.2) is 27.5 Å². The SMILES string of the molecule is O=C(N[C@@]1(C(F)(F)F)C(=O)Nc2c1c(=O)[nH]c(=O)n2-c1ccc(Cl)cc1)c1ccccc1. The minimum absolute atomic E-state index is 0.0274. The maximum Gasteiger partial charge on any atom is 0.425 e. The van der Waals surface area contributed by atoms with Gasteiger partial charge in [0.15, 0.2) is 0 Å². The molecule has 1 aromatic heterocycles. The van der Waals surface area contributed by atoms with Crippen LogP contribution in [0.1, 0.15) is 15.9 Å². The number of rotatable bonds is 3. The normalized spacial score (nSPS) is 17.6. The molecular weight excluding hydrogens is 453 g/mol. The number of halogens is 4. The molecule has 1 atom stereocenters. The van der Waals surface area contributed by atoms with Crippen molar-refractivity contribution in [2.45, 2.75) is 11.7 Å². The third-order valence-corrected chi connectivity index (χ3v) is 5.16. The van der Waals surface area contributed by atoms with Crippen LogP contribution in [0.5, 0.6) is 0 Å². The van der Waals surface area contributed by atoms with Gasteiger partial charge in [0.05, 0.1) is 5.69 Å². The first-order valence-electron chi connectivity index (χ1n) is 8.98. The number of fused-ring (bicyclic) bond motifs is 1. The Morgan fingerprint density at radius 2 is 1.62 bits per heavy atom. The van der Waals surface area contributed by atoms with Gasteiger partial charge in [0, 0.05) is 10.6 Å². The zero-order valence-electron chi connectivity index (χ0n) is 15.8. The van der Waals surface area contributed by atoms with Gasteiger partial charge in [-0.3, -0.25) is 19.4 Å². The van der Waals surface area contributed by atoms with Gasteiger partial charge in [-0.05, 0) is 36.4 Å². The molecule has 1 aliphatic heterocycles. The maximum atomic E-state index is 14.4. The molecule has 0 saturated heterocycles. The molecule has 0 spiro atoms. The smallest absolute Gasteiger partial charge is 0.326 e. The fourth-order valence-electron chi connectivity index (χ4n) is 3.45. The standard InChI is InChI=1S/C20H12ClF3N4O4/c21-11-6-8-12(9-7-11)28-14-13(16(30)26-18(28)32)19(17(31)25-14,20(22,23)24)27-15(29)10-4-2-1-3-5-10/h1-9H,(H,25,31)(H,27,29)(H,26,30,32)/t19-/m1/s1. The summed E-state index contributed by atoms with van der Waals surface area (Å²) in [5.41, 5.74) is -7.60. The second-order valence-corrected chi connectivity index (χ2v) is 7.25. The molecule has 2 heterocycles. The van der Waals surface area contributed by atoms with Crippen molar-refractivity contribution in [2.75, 3.05) is 5.32 Å². The highest BCUT2D eigenvalue weighted by Crippen LogP contribution is 2.45. The lowest BCUT2D eigenvalue weighted by Gasteiger charge is -2.30. The van der Waals surface area contributed by atoms with E-state index in [0.29, 0.717) is 4.57 Å². The molecule has 0 aliphatic carbocycles. The summed E-state index contributed by atoms with van der Waals surface area (Å²) in [5.74, 6) is -3.69. The molecule has 32 heavy (non-hydrogen) atoms. The van der Waals surface area contributed by atoms with Crippen molar-refractivity contribution >= 4 is 29.2 Å². The lowest BCUT2D eigenvalue weighted by molar-refractivity contribution is -0.196. The van der Waals surface area contributed by atoms with Gasteiger partial charge in [0.25, 0.3) is 22.9 Å². The van der Waals surface area contributed by atoms with E-state index in [0.717, 1.165) is 0 Å². The summed E-state index contributed by atoms with van der Waals surface area (Å²) in [5, 5.41) is 3.91. The Morgan fingerprint density at radius 1 is 1.00 bits per heavy atom. The summed E-state index contributed by atoms with van der Waals surface area (Å²) in [4.78, 5) is 52.1. The van der Waals surface area contributed by atoms with E-state index in [-0.39, 0.29) is 16.3 Å². The number of nitrogens with one attached hydrogen (secondary N) is 3. The number of benzene rings is 2. The average molecular weight is 465 g/mol. The van der Waals surface area contributed by atoms with Gasteiger partial charge in [0.1, 0.15) is 11.4 Å². The molecule has 12 heteroatoms. The number of hydrogen-bond donors (Lipinski definition) is 3. The fourth-order valence-corrected chi connectivity index (χ4v) is 3.57. The molecular formula is C20H12ClF3N4O4. The zero-order chi connectivity index (χ0) is 23.3. The first kappa shape index (κ1) is 21.4. The highest BCUT2D eigenvalue weighted by Gasteiger charge is 2.68. The summed E-state index contributed by atoms with van der Waals surface area (Å²) in [6, 6.07) is 12.2. The lowest BCUT2D eigenvalue weighted by atomic mass is 9.91. The Balaban J connectivity index is 1.98. The van der Waals surface area contributed by atoms with Gasteiger partial charge in [-0.15, -0.1) is 0 Å². The summed E-state index contributed by atoms with van der Waals surface area (Å²) >= 11 is 5.81. The van der Waals surface area contributed by atoms with E-state index in [1.54, 1.807) is 16.4 Å². The van der Waals surface area contributed by atoms with Gasteiger partial charge in [0.2, 0.25) is 0 Å². The topological polar surface area (TPSA) is 113 Å². The van der Waals surface area contributed by atoms with Crippen LogP contribution in [0.3, 0.4) is 0 Å². The highest BCUT2D eigenvalue weighted by atomic mass is 35.5. The van der Waals surface area contributed by atoms with Gasteiger partial charge in [-0.2, -0.15) is 13.2 Å². The largest absolute Gasteiger partial charge is 0.425 e. The van der Waals surface area contributed by atoms with Crippen molar-refractivity contribution < 1.29 is 22.8 Å².